The number of hydrogen-bond donors (Lipinski definition) is 3. The van der Waals surface area contributed by atoms with Crippen molar-refractivity contribution in [1.29, 1.82) is 0 Å². The molecule has 0 radical (unpaired) electrons. The standard InChI is InChI=1S/C14H18N2O3S/c1-15-14-16-10-12(18)11(17)9(19-13(10)20-14)7-8-5-3-2-4-6-8/h2-6,9-13,17-18H,7H2,1H3,(H,15,16). The second-order valence-corrected chi connectivity index (χ2v) is 6.12. The Hall–Kier alpha value is -1.08. The van der Waals surface area contributed by atoms with Crippen LogP contribution in [-0.2, 0) is 11.2 Å². The second kappa shape index (κ2) is 5.73. The van der Waals surface area contributed by atoms with Gasteiger partial charge in [0.2, 0.25) is 0 Å². The molecule has 0 bridgehead atoms. The van der Waals surface area contributed by atoms with Crippen molar-refractivity contribution in [2.75, 3.05) is 7.05 Å². The van der Waals surface area contributed by atoms with Crippen LogP contribution in [0, 0.1) is 0 Å². The Morgan fingerprint density at radius 1 is 1.25 bits per heavy atom. The lowest BCUT2D eigenvalue weighted by Gasteiger charge is -2.39. The fraction of sp³-hybridized carbons (Fsp3) is 0.500. The van der Waals surface area contributed by atoms with E-state index in [0.717, 1.165) is 10.7 Å². The lowest BCUT2D eigenvalue weighted by Crippen LogP contribution is -2.59. The number of nitrogens with zero attached hydrogens (tertiary/aromatic N) is 1. The molecule has 2 aliphatic heterocycles. The van der Waals surface area contributed by atoms with E-state index in [9.17, 15) is 10.2 Å². The van der Waals surface area contributed by atoms with Crippen LogP contribution < -0.4 is 5.32 Å². The maximum atomic E-state index is 10.2. The first-order chi connectivity index (χ1) is 9.69. The zero-order valence-electron chi connectivity index (χ0n) is 11.1. The highest BCUT2D eigenvalue weighted by atomic mass is 32.2. The first kappa shape index (κ1) is 13.9. The molecule has 2 saturated heterocycles. The van der Waals surface area contributed by atoms with Crippen molar-refractivity contribution in [3.05, 3.63) is 35.9 Å². The number of ether oxygens (including phenoxy) is 1. The minimum Gasteiger partial charge on any atom is -0.388 e. The van der Waals surface area contributed by atoms with Crippen molar-refractivity contribution in [3.63, 3.8) is 0 Å². The molecule has 5 unspecified atom stereocenters. The molecule has 0 amide bonds. The van der Waals surface area contributed by atoms with Crippen molar-refractivity contribution in [1.82, 2.24) is 5.32 Å². The SMILES string of the molecule is CN=C1NC2C(OC(Cc3ccccc3)C(O)C2O)S1. The largest absolute Gasteiger partial charge is 0.388 e. The summed E-state index contributed by atoms with van der Waals surface area (Å²) in [5.74, 6) is 0. The van der Waals surface area contributed by atoms with Gasteiger partial charge in [0.05, 0.1) is 12.1 Å². The van der Waals surface area contributed by atoms with Crippen LogP contribution in [0.25, 0.3) is 0 Å². The Labute approximate surface area is 122 Å². The van der Waals surface area contributed by atoms with E-state index in [4.69, 9.17) is 4.74 Å². The highest BCUT2D eigenvalue weighted by Gasteiger charge is 2.48. The maximum absolute atomic E-state index is 10.2. The molecular weight excluding hydrogens is 276 g/mol. The van der Waals surface area contributed by atoms with Crippen LogP contribution in [0.4, 0.5) is 0 Å². The molecule has 0 saturated carbocycles. The number of hydrogen-bond acceptors (Lipinski definition) is 5. The highest BCUT2D eigenvalue weighted by molar-refractivity contribution is 8.14. The lowest BCUT2D eigenvalue weighted by atomic mass is 9.94. The predicted molar refractivity (Wildman–Crippen MR) is 78.7 cm³/mol. The number of benzene rings is 1. The normalized spacial score (nSPS) is 38.5. The molecule has 2 aliphatic rings. The fourth-order valence-electron chi connectivity index (χ4n) is 2.60. The van der Waals surface area contributed by atoms with Crippen molar-refractivity contribution in [2.45, 2.75) is 36.2 Å². The average molecular weight is 294 g/mol. The van der Waals surface area contributed by atoms with Gasteiger partial charge in [0.25, 0.3) is 0 Å². The quantitative estimate of drug-likeness (QED) is 0.735. The van der Waals surface area contributed by atoms with Crippen molar-refractivity contribution >= 4 is 16.9 Å². The third-order valence-electron chi connectivity index (χ3n) is 3.70. The van der Waals surface area contributed by atoms with Gasteiger partial charge in [0.15, 0.2) is 5.17 Å². The van der Waals surface area contributed by atoms with Crippen molar-refractivity contribution in [3.8, 4) is 0 Å². The molecule has 1 aromatic rings. The number of thioether (sulfide) groups is 1. The van der Waals surface area contributed by atoms with Gasteiger partial charge in [-0.25, -0.2) is 0 Å². The monoisotopic (exact) mass is 294 g/mol. The van der Waals surface area contributed by atoms with E-state index in [1.165, 1.54) is 11.8 Å². The average Bonchev–Trinajstić information content (AvgIpc) is 2.89. The summed E-state index contributed by atoms with van der Waals surface area (Å²) in [5.41, 5.74) is 0.878. The van der Waals surface area contributed by atoms with Gasteiger partial charge in [0, 0.05) is 13.5 Å². The summed E-state index contributed by atoms with van der Waals surface area (Å²) in [4.78, 5) is 4.08. The summed E-state index contributed by atoms with van der Waals surface area (Å²) in [7, 11) is 1.69. The summed E-state index contributed by atoms with van der Waals surface area (Å²) >= 11 is 1.46. The molecule has 1 aromatic carbocycles. The van der Waals surface area contributed by atoms with Gasteiger partial charge < -0.3 is 20.3 Å². The smallest absolute Gasteiger partial charge is 0.159 e. The van der Waals surface area contributed by atoms with Gasteiger partial charge in [-0.1, -0.05) is 42.1 Å². The van der Waals surface area contributed by atoms with Crippen LogP contribution in [0.15, 0.2) is 35.3 Å². The molecule has 0 aromatic heterocycles. The molecule has 5 nitrogen and oxygen atoms in total. The molecule has 0 aliphatic carbocycles. The van der Waals surface area contributed by atoms with Crippen LogP contribution in [0.2, 0.25) is 0 Å². The Kier molecular flexibility index (Phi) is 3.98. The van der Waals surface area contributed by atoms with Crippen LogP contribution in [0.3, 0.4) is 0 Å². The number of nitrogens with one attached hydrogen (secondary N) is 1. The van der Waals surface area contributed by atoms with Gasteiger partial charge in [-0.15, -0.1) is 0 Å². The molecule has 3 N–H and O–H groups in total. The van der Waals surface area contributed by atoms with Crippen molar-refractivity contribution in [2.24, 2.45) is 4.99 Å². The summed E-state index contributed by atoms with van der Waals surface area (Å²) in [6.07, 6.45) is -1.57. The Balaban J connectivity index is 1.74. The summed E-state index contributed by atoms with van der Waals surface area (Å²) in [6, 6.07) is 9.55. The highest BCUT2D eigenvalue weighted by Crippen LogP contribution is 2.34. The third kappa shape index (κ3) is 2.56. The van der Waals surface area contributed by atoms with E-state index in [2.05, 4.69) is 10.3 Å². The fourth-order valence-corrected chi connectivity index (χ4v) is 3.71. The molecule has 5 atom stereocenters. The summed E-state index contributed by atoms with van der Waals surface area (Å²) in [5, 5.41) is 24.3. The summed E-state index contributed by atoms with van der Waals surface area (Å²) < 4.78 is 5.94. The number of rotatable bonds is 2. The van der Waals surface area contributed by atoms with E-state index in [1.54, 1.807) is 7.05 Å². The number of aliphatic hydroxyl groups is 2. The minimum absolute atomic E-state index is 0.208. The van der Waals surface area contributed by atoms with Gasteiger partial charge in [-0.05, 0) is 5.56 Å². The molecule has 108 valence electrons. The third-order valence-corrected chi connectivity index (χ3v) is 4.86. The number of aliphatic hydroxyl groups excluding tert-OH is 2. The van der Waals surface area contributed by atoms with E-state index in [1.807, 2.05) is 30.3 Å². The molecule has 0 spiro atoms. The molecule has 2 fully saturated rings. The molecule has 6 heteroatoms. The zero-order chi connectivity index (χ0) is 14.1. The molecule has 20 heavy (non-hydrogen) atoms. The first-order valence-corrected chi connectivity index (χ1v) is 7.52. The Morgan fingerprint density at radius 3 is 2.70 bits per heavy atom. The Bertz CT molecular complexity index is 496. The van der Waals surface area contributed by atoms with Gasteiger partial charge in [-0.3, -0.25) is 4.99 Å². The van der Waals surface area contributed by atoms with E-state index in [-0.39, 0.29) is 11.5 Å². The number of fused-ring (bicyclic) bond motifs is 1. The minimum atomic E-state index is -0.902. The van der Waals surface area contributed by atoms with E-state index < -0.39 is 18.3 Å². The van der Waals surface area contributed by atoms with Crippen LogP contribution in [-0.4, -0.2) is 52.2 Å². The lowest BCUT2D eigenvalue weighted by molar-refractivity contribution is -0.155. The van der Waals surface area contributed by atoms with Gasteiger partial charge in [0.1, 0.15) is 17.6 Å². The van der Waals surface area contributed by atoms with Crippen LogP contribution >= 0.6 is 11.8 Å². The predicted octanol–water partition coefficient (Wildman–Crippen LogP) is 0.367. The van der Waals surface area contributed by atoms with E-state index >= 15 is 0 Å². The number of aliphatic imine (C=N–C) groups is 1. The molecule has 3 rings (SSSR count). The molecule has 2 heterocycles. The van der Waals surface area contributed by atoms with Crippen molar-refractivity contribution < 1.29 is 14.9 Å². The second-order valence-electron chi connectivity index (χ2n) is 5.03. The van der Waals surface area contributed by atoms with Crippen LogP contribution in [0.5, 0.6) is 0 Å². The van der Waals surface area contributed by atoms with E-state index in [0.29, 0.717) is 6.42 Å². The summed E-state index contributed by atoms with van der Waals surface area (Å²) in [6.45, 7) is 0. The first-order valence-electron chi connectivity index (χ1n) is 6.64. The Morgan fingerprint density at radius 2 is 2.00 bits per heavy atom. The maximum Gasteiger partial charge on any atom is 0.159 e. The van der Waals surface area contributed by atoms with Crippen LogP contribution in [0.1, 0.15) is 5.56 Å². The topological polar surface area (TPSA) is 74.1 Å². The molecular formula is C14H18N2O3S. The van der Waals surface area contributed by atoms with Gasteiger partial charge in [-0.2, -0.15) is 0 Å². The van der Waals surface area contributed by atoms with Gasteiger partial charge >= 0.3 is 0 Å². The zero-order valence-corrected chi connectivity index (χ0v) is 12.0. The number of amidine groups is 1.